The summed E-state index contributed by atoms with van der Waals surface area (Å²) in [6.07, 6.45) is 4.08. The summed E-state index contributed by atoms with van der Waals surface area (Å²) in [7, 11) is 0. The zero-order valence-corrected chi connectivity index (χ0v) is 9.20. The van der Waals surface area contributed by atoms with Gasteiger partial charge in [0, 0.05) is 23.1 Å². The van der Waals surface area contributed by atoms with E-state index in [0.717, 1.165) is 22.3 Å². The first kappa shape index (κ1) is 9.73. The Balaban J connectivity index is 1.98. The Morgan fingerprint density at radius 3 is 2.94 bits per heavy atom. The van der Waals surface area contributed by atoms with Crippen LogP contribution in [0.25, 0.3) is 10.9 Å². The van der Waals surface area contributed by atoms with E-state index in [1.54, 1.807) is 0 Å². The molecule has 3 nitrogen and oxygen atoms in total. The van der Waals surface area contributed by atoms with Crippen LogP contribution in [-0.4, -0.2) is 11.1 Å². The minimum atomic E-state index is 0.418. The molecule has 1 saturated carbocycles. The van der Waals surface area contributed by atoms with Crippen LogP contribution in [0.4, 0.5) is 0 Å². The molecule has 2 aromatic rings. The Kier molecular flexibility index (Phi) is 2.33. The number of nitrogens with two attached hydrogens (primary N) is 1. The predicted octanol–water partition coefficient (Wildman–Crippen LogP) is 2.56. The van der Waals surface area contributed by atoms with Crippen molar-refractivity contribution in [3.63, 3.8) is 0 Å². The third kappa shape index (κ3) is 1.57. The molecule has 1 fully saturated rings. The number of hydrogen-bond donors (Lipinski definition) is 2. The average molecular weight is 216 g/mol. The van der Waals surface area contributed by atoms with Crippen LogP contribution in [0.15, 0.2) is 24.3 Å². The van der Waals surface area contributed by atoms with Gasteiger partial charge in [0.15, 0.2) is 0 Å². The van der Waals surface area contributed by atoms with Gasteiger partial charge in [-0.25, -0.2) is 0 Å². The van der Waals surface area contributed by atoms with Crippen molar-refractivity contribution in [2.45, 2.75) is 31.9 Å². The highest BCUT2D eigenvalue weighted by molar-refractivity contribution is 5.86. The molecule has 0 spiro atoms. The zero-order valence-electron chi connectivity index (χ0n) is 9.20. The number of ether oxygens (including phenoxy) is 1. The monoisotopic (exact) mass is 216 g/mol. The van der Waals surface area contributed by atoms with Crippen molar-refractivity contribution < 1.29 is 4.74 Å². The van der Waals surface area contributed by atoms with Crippen molar-refractivity contribution >= 4 is 10.9 Å². The van der Waals surface area contributed by atoms with E-state index in [9.17, 15) is 0 Å². The van der Waals surface area contributed by atoms with E-state index in [1.165, 1.54) is 19.3 Å². The van der Waals surface area contributed by atoms with E-state index >= 15 is 0 Å². The van der Waals surface area contributed by atoms with Gasteiger partial charge in [0.25, 0.3) is 0 Å². The van der Waals surface area contributed by atoms with Gasteiger partial charge >= 0.3 is 0 Å². The SMILES string of the molecule is NCc1cc2c(OC3CCC3)cccc2[nH]1. The number of benzene rings is 1. The van der Waals surface area contributed by atoms with Crippen LogP contribution < -0.4 is 10.5 Å². The van der Waals surface area contributed by atoms with Gasteiger partial charge in [-0.2, -0.15) is 0 Å². The maximum Gasteiger partial charge on any atom is 0.129 e. The number of aromatic nitrogens is 1. The van der Waals surface area contributed by atoms with E-state index in [0.29, 0.717) is 12.6 Å². The molecule has 84 valence electrons. The van der Waals surface area contributed by atoms with E-state index in [1.807, 2.05) is 12.1 Å². The van der Waals surface area contributed by atoms with Crippen LogP contribution in [0, 0.1) is 0 Å². The fourth-order valence-corrected chi connectivity index (χ4v) is 2.07. The lowest BCUT2D eigenvalue weighted by atomic mass is 9.96. The molecule has 0 aliphatic heterocycles. The van der Waals surface area contributed by atoms with Crippen LogP contribution in [0.3, 0.4) is 0 Å². The second-order valence-electron chi connectivity index (χ2n) is 4.39. The first-order valence-electron chi connectivity index (χ1n) is 5.84. The van der Waals surface area contributed by atoms with Gasteiger partial charge in [-0.1, -0.05) is 6.07 Å². The van der Waals surface area contributed by atoms with Gasteiger partial charge in [-0.15, -0.1) is 0 Å². The van der Waals surface area contributed by atoms with Crippen molar-refractivity contribution in [2.75, 3.05) is 0 Å². The first-order chi connectivity index (χ1) is 7.86. The minimum Gasteiger partial charge on any atom is -0.490 e. The lowest BCUT2D eigenvalue weighted by molar-refractivity contribution is 0.122. The van der Waals surface area contributed by atoms with Crippen molar-refractivity contribution in [2.24, 2.45) is 5.73 Å². The van der Waals surface area contributed by atoms with Crippen molar-refractivity contribution in [1.82, 2.24) is 4.98 Å². The zero-order chi connectivity index (χ0) is 11.0. The molecule has 16 heavy (non-hydrogen) atoms. The van der Waals surface area contributed by atoms with Crippen LogP contribution >= 0.6 is 0 Å². The molecule has 3 heteroatoms. The molecular formula is C13H16N2O. The topological polar surface area (TPSA) is 51.0 Å². The molecular weight excluding hydrogens is 200 g/mol. The van der Waals surface area contributed by atoms with E-state index in [2.05, 4.69) is 17.1 Å². The number of nitrogens with one attached hydrogen (secondary N) is 1. The van der Waals surface area contributed by atoms with Gasteiger partial charge in [-0.05, 0) is 37.5 Å². The molecule has 0 unspecified atom stereocenters. The summed E-state index contributed by atoms with van der Waals surface area (Å²) in [6, 6.07) is 8.20. The second-order valence-corrected chi connectivity index (χ2v) is 4.39. The first-order valence-corrected chi connectivity index (χ1v) is 5.84. The van der Waals surface area contributed by atoms with Gasteiger partial charge in [0.1, 0.15) is 5.75 Å². The molecule has 0 amide bonds. The Morgan fingerprint density at radius 1 is 1.38 bits per heavy atom. The Labute approximate surface area is 94.6 Å². The molecule has 0 bridgehead atoms. The molecule has 1 aromatic carbocycles. The third-order valence-electron chi connectivity index (χ3n) is 3.25. The predicted molar refractivity (Wildman–Crippen MR) is 64.5 cm³/mol. The largest absolute Gasteiger partial charge is 0.490 e. The molecule has 0 atom stereocenters. The van der Waals surface area contributed by atoms with Gasteiger partial charge in [0.2, 0.25) is 0 Å². The fraction of sp³-hybridized carbons (Fsp3) is 0.385. The summed E-state index contributed by atoms with van der Waals surface area (Å²) in [6.45, 7) is 0.539. The highest BCUT2D eigenvalue weighted by atomic mass is 16.5. The van der Waals surface area contributed by atoms with Crippen LogP contribution in [0.5, 0.6) is 5.75 Å². The molecule has 1 aliphatic carbocycles. The maximum absolute atomic E-state index is 5.96. The van der Waals surface area contributed by atoms with Gasteiger partial charge in [-0.3, -0.25) is 0 Å². The molecule has 1 heterocycles. The summed E-state index contributed by atoms with van der Waals surface area (Å²) in [5, 5.41) is 1.15. The van der Waals surface area contributed by atoms with Crippen molar-refractivity contribution in [1.29, 1.82) is 0 Å². The summed E-state index contributed by atoms with van der Waals surface area (Å²) < 4.78 is 5.96. The number of rotatable bonds is 3. The molecule has 3 rings (SSSR count). The Bertz CT molecular complexity index is 500. The van der Waals surface area contributed by atoms with Crippen molar-refractivity contribution in [3.8, 4) is 5.75 Å². The maximum atomic E-state index is 5.96. The standard InChI is InChI=1S/C13H16N2O/c14-8-9-7-11-12(15-9)5-2-6-13(11)16-10-3-1-4-10/h2,5-7,10,15H,1,3-4,8,14H2. The lowest BCUT2D eigenvalue weighted by Gasteiger charge is -2.26. The van der Waals surface area contributed by atoms with E-state index < -0.39 is 0 Å². The van der Waals surface area contributed by atoms with Crippen LogP contribution in [0.1, 0.15) is 25.0 Å². The summed E-state index contributed by atoms with van der Waals surface area (Å²) in [5.74, 6) is 0.984. The minimum absolute atomic E-state index is 0.418. The highest BCUT2D eigenvalue weighted by Crippen LogP contribution is 2.31. The van der Waals surface area contributed by atoms with Crippen molar-refractivity contribution in [3.05, 3.63) is 30.0 Å². The van der Waals surface area contributed by atoms with Gasteiger partial charge in [0.05, 0.1) is 6.10 Å². The number of hydrogen-bond acceptors (Lipinski definition) is 2. The number of H-pyrrole nitrogens is 1. The summed E-state index contributed by atoms with van der Waals surface area (Å²) in [4.78, 5) is 3.29. The molecule has 1 aromatic heterocycles. The molecule has 1 aliphatic rings. The summed E-state index contributed by atoms with van der Waals surface area (Å²) in [5.41, 5.74) is 7.79. The van der Waals surface area contributed by atoms with Crippen LogP contribution in [0.2, 0.25) is 0 Å². The van der Waals surface area contributed by atoms with Gasteiger partial charge < -0.3 is 15.5 Å². The Morgan fingerprint density at radius 2 is 2.25 bits per heavy atom. The summed E-state index contributed by atoms with van der Waals surface area (Å²) >= 11 is 0. The Hall–Kier alpha value is -1.48. The number of fused-ring (bicyclic) bond motifs is 1. The average Bonchev–Trinajstić information content (AvgIpc) is 2.66. The fourth-order valence-electron chi connectivity index (χ4n) is 2.07. The molecule has 0 saturated heterocycles. The smallest absolute Gasteiger partial charge is 0.129 e. The lowest BCUT2D eigenvalue weighted by Crippen LogP contribution is -2.24. The normalized spacial score (nSPS) is 16.3. The van der Waals surface area contributed by atoms with E-state index in [4.69, 9.17) is 10.5 Å². The van der Waals surface area contributed by atoms with Crippen LogP contribution in [-0.2, 0) is 6.54 Å². The molecule has 0 radical (unpaired) electrons. The second kappa shape index (κ2) is 3.83. The molecule has 3 N–H and O–H groups in total. The highest BCUT2D eigenvalue weighted by Gasteiger charge is 2.20. The quantitative estimate of drug-likeness (QED) is 0.828. The third-order valence-corrected chi connectivity index (χ3v) is 3.25. The number of aromatic amines is 1. The van der Waals surface area contributed by atoms with E-state index in [-0.39, 0.29) is 0 Å².